The molecule has 1 unspecified atom stereocenters. The summed E-state index contributed by atoms with van der Waals surface area (Å²) in [4.78, 5) is 38.4. The van der Waals surface area contributed by atoms with E-state index in [2.05, 4.69) is 118 Å². The minimum Gasteiger partial charge on any atom is -0.462 e. The van der Waals surface area contributed by atoms with Gasteiger partial charge in [0.15, 0.2) is 6.10 Å². The Morgan fingerprint density at radius 3 is 0.762 bits per heavy atom. The van der Waals surface area contributed by atoms with Gasteiger partial charge in [0, 0.05) is 19.3 Å². The van der Waals surface area contributed by atoms with Gasteiger partial charge in [-0.05, 0) is 83.5 Å². The number of hydrogen-bond donors (Lipinski definition) is 0. The van der Waals surface area contributed by atoms with E-state index in [0.29, 0.717) is 19.3 Å². The lowest BCUT2D eigenvalue weighted by atomic mass is 10.0. The number of ether oxygens (including phenoxy) is 3. The van der Waals surface area contributed by atoms with Gasteiger partial charge < -0.3 is 14.2 Å². The maximum atomic E-state index is 12.9. The van der Waals surface area contributed by atoms with Crippen molar-refractivity contribution in [3.8, 4) is 0 Å². The number of allylic oxidation sites excluding steroid dienone is 16. The van der Waals surface area contributed by atoms with Crippen molar-refractivity contribution in [1.29, 1.82) is 0 Å². The maximum absolute atomic E-state index is 12.9. The molecular formula is C74H128O6. The van der Waals surface area contributed by atoms with Gasteiger partial charge in [0.1, 0.15) is 13.2 Å². The summed E-state index contributed by atoms with van der Waals surface area (Å²) in [7, 11) is 0. The fourth-order valence-electron chi connectivity index (χ4n) is 9.76. The van der Waals surface area contributed by atoms with Crippen LogP contribution in [0.25, 0.3) is 0 Å². The van der Waals surface area contributed by atoms with E-state index in [-0.39, 0.29) is 31.1 Å². The van der Waals surface area contributed by atoms with Crippen LogP contribution in [0.15, 0.2) is 97.2 Å². The molecule has 0 amide bonds. The summed E-state index contributed by atoms with van der Waals surface area (Å²) in [5.41, 5.74) is 0. The number of esters is 3. The fraction of sp³-hybridized carbons (Fsp3) is 0.743. The predicted molar refractivity (Wildman–Crippen MR) is 348 cm³/mol. The Morgan fingerprint density at radius 1 is 0.263 bits per heavy atom. The summed E-state index contributed by atoms with van der Waals surface area (Å²) in [6.45, 7) is 6.54. The Labute approximate surface area is 496 Å². The second kappa shape index (κ2) is 67.8. The molecule has 0 aromatic rings. The van der Waals surface area contributed by atoms with Gasteiger partial charge >= 0.3 is 17.9 Å². The first kappa shape index (κ1) is 76.3. The van der Waals surface area contributed by atoms with E-state index in [9.17, 15) is 14.4 Å². The molecule has 0 saturated carbocycles. The monoisotopic (exact) mass is 1110 g/mol. The number of carbonyl (C=O) groups excluding carboxylic acids is 3. The first-order valence-corrected chi connectivity index (χ1v) is 34.2. The second-order valence-electron chi connectivity index (χ2n) is 22.7. The van der Waals surface area contributed by atoms with Crippen molar-refractivity contribution in [1.82, 2.24) is 0 Å². The fourth-order valence-corrected chi connectivity index (χ4v) is 9.76. The third-order valence-electron chi connectivity index (χ3n) is 14.9. The van der Waals surface area contributed by atoms with Crippen LogP contribution in [0, 0.1) is 0 Å². The normalized spacial score (nSPS) is 12.7. The molecule has 0 fully saturated rings. The van der Waals surface area contributed by atoms with Crippen molar-refractivity contribution in [3.63, 3.8) is 0 Å². The summed E-state index contributed by atoms with van der Waals surface area (Å²) >= 11 is 0. The largest absolute Gasteiger partial charge is 0.462 e. The molecule has 0 saturated heterocycles. The standard InChI is InChI=1S/C74H128O6/c1-4-7-10-13-16-19-22-25-28-31-33-34-35-36-37-38-39-40-42-43-46-49-52-55-58-61-64-67-73(76)79-70-71(69-78-72(75)66-63-60-57-54-51-48-45-30-27-24-21-18-15-12-9-6-3)80-74(77)68-65-62-59-56-53-50-47-44-41-32-29-26-23-20-17-14-11-8-5-2/h7,10,16,19,25,28,33-34,36-37,39-40,43,46,52,55,71H,4-6,8-9,11-15,17-18,20-24,26-27,29-32,35,38,41-42,44-45,47-51,53-54,56-70H2,1-3H3/b10-7-,19-16-,28-25-,34-33-,37-36-,40-39-,46-43-,55-52-. The van der Waals surface area contributed by atoms with E-state index >= 15 is 0 Å². The highest BCUT2D eigenvalue weighted by Gasteiger charge is 2.19. The zero-order valence-corrected chi connectivity index (χ0v) is 52.8. The minimum absolute atomic E-state index is 0.0868. The summed E-state index contributed by atoms with van der Waals surface area (Å²) in [6.07, 6.45) is 91.4. The number of rotatable bonds is 62. The van der Waals surface area contributed by atoms with Crippen LogP contribution in [0.1, 0.15) is 335 Å². The smallest absolute Gasteiger partial charge is 0.306 e. The Balaban J connectivity index is 4.42. The zero-order valence-electron chi connectivity index (χ0n) is 52.8. The maximum Gasteiger partial charge on any atom is 0.306 e. The Bertz CT molecular complexity index is 1560. The molecule has 0 rings (SSSR count). The van der Waals surface area contributed by atoms with Crippen molar-refractivity contribution >= 4 is 17.9 Å². The Hall–Kier alpha value is -3.67. The number of hydrogen-bond acceptors (Lipinski definition) is 6. The highest BCUT2D eigenvalue weighted by molar-refractivity contribution is 5.71. The van der Waals surface area contributed by atoms with Crippen molar-refractivity contribution in [2.24, 2.45) is 0 Å². The molecule has 0 aliphatic rings. The summed E-state index contributed by atoms with van der Waals surface area (Å²) in [5.74, 6) is -0.914. The SMILES string of the molecule is CC/C=C\C/C=C\C/C=C\C/C=C\C/C=C\C/C=C\C/C=C\C/C=C\CCCCC(=O)OCC(COC(=O)CCCCCCCCCCCCCCCCCC)OC(=O)CCCCCCCCCCCCCCCCCCCCC. The lowest BCUT2D eigenvalue weighted by Crippen LogP contribution is -2.30. The van der Waals surface area contributed by atoms with Crippen molar-refractivity contribution in [2.45, 2.75) is 341 Å². The van der Waals surface area contributed by atoms with E-state index in [1.54, 1.807) is 0 Å². The van der Waals surface area contributed by atoms with Gasteiger partial charge in [-0.2, -0.15) is 0 Å². The summed E-state index contributed by atoms with van der Waals surface area (Å²) in [6, 6.07) is 0. The van der Waals surface area contributed by atoms with Crippen LogP contribution in [-0.2, 0) is 28.6 Å². The Morgan fingerprint density at radius 2 is 0.487 bits per heavy atom. The van der Waals surface area contributed by atoms with Gasteiger partial charge in [-0.15, -0.1) is 0 Å². The molecule has 6 heteroatoms. The van der Waals surface area contributed by atoms with E-state index in [0.717, 1.165) is 109 Å². The average Bonchev–Trinajstić information content (AvgIpc) is 3.46. The number of unbranched alkanes of at least 4 members (excludes halogenated alkanes) is 35. The van der Waals surface area contributed by atoms with Crippen molar-refractivity contribution in [3.05, 3.63) is 97.2 Å². The number of carbonyl (C=O) groups is 3. The summed E-state index contributed by atoms with van der Waals surface area (Å²) in [5, 5.41) is 0. The highest BCUT2D eigenvalue weighted by atomic mass is 16.6. The quantitative estimate of drug-likeness (QED) is 0.0261. The summed E-state index contributed by atoms with van der Waals surface area (Å²) < 4.78 is 16.9. The van der Waals surface area contributed by atoms with Crippen LogP contribution in [0.4, 0.5) is 0 Å². The van der Waals surface area contributed by atoms with Crippen molar-refractivity contribution in [2.75, 3.05) is 13.2 Å². The lowest BCUT2D eigenvalue weighted by Gasteiger charge is -2.18. The molecule has 0 aliphatic carbocycles. The minimum atomic E-state index is -0.795. The molecule has 0 aliphatic heterocycles. The van der Waals surface area contributed by atoms with Crippen LogP contribution in [0.3, 0.4) is 0 Å². The van der Waals surface area contributed by atoms with Gasteiger partial charge in [0.2, 0.25) is 0 Å². The first-order valence-electron chi connectivity index (χ1n) is 34.2. The molecule has 0 radical (unpaired) electrons. The van der Waals surface area contributed by atoms with Crippen LogP contribution < -0.4 is 0 Å². The second-order valence-corrected chi connectivity index (χ2v) is 22.7. The van der Waals surface area contributed by atoms with E-state index in [1.165, 1.54) is 186 Å². The molecule has 0 aromatic heterocycles. The van der Waals surface area contributed by atoms with Gasteiger partial charge in [0.05, 0.1) is 0 Å². The first-order chi connectivity index (χ1) is 39.5. The van der Waals surface area contributed by atoms with Crippen molar-refractivity contribution < 1.29 is 28.6 Å². The van der Waals surface area contributed by atoms with Gasteiger partial charge in [-0.25, -0.2) is 0 Å². The molecule has 0 bridgehead atoms. The average molecular weight is 1110 g/mol. The lowest BCUT2D eigenvalue weighted by molar-refractivity contribution is -0.167. The molecule has 0 spiro atoms. The predicted octanol–water partition coefficient (Wildman–Crippen LogP) is 23.6. The molecular weight excluding hydrogens is 985 g/mol. The topological polar surface area (TPSA) is 78.9 Å². The van der Waals surface area contributed by atoms with Crippen LogP contribution in [-0.4, -0.2) is 37.2 Å². The zero-order chi connectivity index (χ0) is 57.8. The van der Waals surface area contributed by atoms with Gasteiger partial charge in [-0.3, -0.25) is 14.4 Å². The molecule has 0 aromatic carbocycles. The van der Waals surface area contributed by atoms with Crippen LogP contribution in [0.5, 0.6) is 0 Å². The third kappa shape index (κ3) is 65.1. The molecule has 80 heavy (non-hydrogen) atoms. The van der Waals surface area contributed by atoms with E-state index in [1.807, 2.05) is 0 Å². The molecule has 460 valence electrons. The molecule has 0 N–H and O–H groups in total. The Kier molecular flexibility index (Phi) is 64.7. The molecule has 1 atom stereocenters. The third-order valence-corrected chi connectivity index (χ3v) is 14.9. The van der Waals surface area contributed by atoms with Crippen LogP contribution >= 0.6 is 0 Å². The van der Waals surface area contributed by atoms with Crippen LogP contribution in [0.2, 0.25) is 0 Å². The van der Waals surface area contributed by atoms with E-state index < -0.39 is 6.10 Å². The molecule has 6 nitrogen and oxygen atoms in total. The highest BCUT2D eigenvalue weighted by Crippen LogP contribution is 2.17. The van der Waals surface area contributed by atoms with Gasteiger partial charge in [0.25, 0.3) is 0 Å². The molecule has 0 heterocycles. The van der Waals surface area contributed by atoms with E-state index in [4.69, 9.17) is 14.2 Å². The van der Waals surface area contributed by atoms with Gasteiger partial charge in [-0.1, -0.05) is 330 Å².